The van der Waals surface area contributed by atoms with E-state index in [4.69, 9.17) is 0 Å². The van der Waals surface area contributed by atoms with E-state index in [1.807, 2.05) is 38.1 Å². The molecule has 33 heavy (non-hydrogen) atoms. The number of hydrogen-bond acceptors (Lipinski definition) is 4. The number of nitrogens with zero attached hydrogens (tertiary/aromatic N) is 2. The molecule has 1 unspecified atom stereocenters. The molecule has 1 N–H and O–H groups in total. The van der Waals surface area contributed by atoms with Gasteiger partial charge >= 0.3 is 0 Å². The molecule has 0 bridgehead atoms. The number of halogens is 1. The minimum atomic E-state index is -3.89. The summed E-state index contributed by atoms with van der Waals surface area (Å²) in [6.45, 7) is 5.71. The molecule has 0 heterocycles. The Bertz CT molecular complexity index is 1070. The first kappa shape index (κ1) is 26.3. The van der Waals surface area contributed by atoms with Crippen LogP contribution in [0.2, 0.25) is 0 Å². The number of sulfonamides is 1. The van der Waals surface area contributed by atoms with Crippen LogP contribution in [-0.4, -0.2) is 50.5 Å². The van der Waals surface area contributed by atoms with Crippen LogP contribution < -0.4 is 9.62 Å². The second-order valence-electron chi connectivity index (χ2n) is 7.91. The minimum absolute atomic E-state index is 0.0465. The predicted octanol–water partition coefficient (Wildman–Crippen LogP) is 3.23. The summed E-state index contributed by atoms with van der Waals surface area (Å²) in [4.78, 5) is 27.8. The normalized spacial score (nSPS) is 12.2. The van der Waals surface area contributed by atoms with Gasteiger partial charge in [0.1, 0.15) is 18.4 Å². The van der Waals surface area contributed by atoms with E-state index in [1.165, 1.54) is 23.1 Å². The molecule has 0 aromatic heterocycles. The van der Waals surface area contributed by atoms with Crippen LogP contribution in [0.4, 0.5) is 10.1 Å². The van der Waals surface area contributed by atoms with E-state index in [0.29, 0.717) is 13.0 Å². The average molecular weight is 478 g/mol. The van der Waals surface area contributed by atoms with Crippen molar-refractivity contribution in [1.82, 2.24) is 10.2 Å². The average Bonchev–Trinajstić information content (AvgIpc) is 2.76. The Labute approximate surface area is 195 Å². The molecule has 0 fully saturated rings. The molecule has 0 aliphatic carbocycles. The number of benzene rings is 2. The maximum absolute atomic E-state index is 13.8. The van der Waals surface area contributed by atoms with Gasteiger partial charge in [-0.15, -0.1) is 0 Å². The summed E-state index contributed by atoms with van der Waals surface area (Å²) in [5.74, 6) is -1.46. The number of nitrogens with one attached hydrogen (secondary N) is 1. The van der Waals surface area contributed by atoms with Gasteiger partial charge in [0.05, 0.1) is 11.9 Å². The van der Waals surface area contributed by atoms with Crippen LogP contribution in [0.25, 0.3) is 0 Å². The van der Waals surface area contributed by atoms with Crippen molar-refractivity contribution in [3.8, 4) is 0 Å². The quantitative estimate of drug-likeness (QED) is 0.538. The third kappa shape index (κ3) is 7.28. The first-order valence-electron chi connectivity index (χ1n) is 10.9. The fourth-order valence-corrected chi connectivity index (χ4v) is 4.34. The summed E-state index contributed by atoms with van der Waals surface area (Å²) in [7, 11) is -3.89. The molecule has 180 valence electrons. The van der Waals surface area contributed by atoms with Gasteiger partial charge in [0.15, 0.2) is 0 Å². The lowest BCUT2D eigenvalue weighted by Gasteiger charge is -2.33. The molecule has 0 aliphatic rings. The highest BCUT2D eigenvalue weighted by Crippen LogP contribution is 2.21. The fraction of sp³-hybridized carbons (Fsp3) is 0.417. The summed E-state index contributed by atoms with van der Waals surface area (Å²) in [6, 6.07) is 11.8. The maximum atomic E-state index is 13.8. The molecule has 2 amide bonds. The molecule has 9 heteroatoms. The second-order valence-corrected chi connectivity index (χ2v) is 9.82. The Balaban J connectivity index is 2.44. The van der Waals surface area contributed by atoms with Crippen LogP contribution in [0.5, 0.6) is 0 Å². The van der Waals surface area contributed by atoms with Crippen molar-refractivity contribution in [3.05, 3.63) is 65.5 Å². The van der Waals surface area contributed by atoms with Gasteiger partial charge in [0, 0.05) is 13.1 Å². The van der Waals surface area contributed by atoms with Crippen LogP contribution in [0.3, 0.4) is 0 Å². The highest BCUT2D eigenvalue weighted by atomic mass is 32.2. The predicted molar refractivity (Wildman–Crippen MR) is 128 cm³/mol. The Morgan fingerprint density at radius 1 is 1.09 bits per heavy atom. The number of anilines is 1. The van der Waals surface area contributed by atoms with E-state index in [0.717, 1.165) is 34.2 Å². The van der Waals surface area contributed by atoms with Gasteiger partial charge in [0.25, 0.3) is 0 Å². The Kier molecular flexibility index (Phi) is 9.40. The van der Waals surface area contributed by atoms with Crippen molar-refractivity contribution < 1.29 is 22.4 Å². The fourth-order valence-electron chi connectivity index (χ4n) is 3.50. The van der Waals surface area contributed by atoms with Gasteiger partial charge in [-0.1, -0.05) is 44.2 Å². The lowest BCUT2D eigenvalue weighted by Crippen LogP contribution is -2.52. The molecule has 0 aliphatic heterocycles. The zero-order valence-electron chi connectivity index (χ0n) is 19.5. The first-order chi connectivity index (χ1) is 15.6. The summed E-state index contributed by atoms with van der Waals surface area (Å²) >= 11 is 0. The Morgan fingerprint density at radius 3 is 2.36 bits per heavy atom. The summed E-state index contributed by atoms with van der Waals surface area (Å²) in [5, 5.41) is 2.83. The number of aryl methyl sites for hydroxylation is 1. The minimum Gasteiger partial charge on any atom is -0.354 e. The van der Waals surface area contributed by atoms with Crippen molar-refractivity contribution >= 4 is 27.5 Å². The molecule has 0 saturated carbocycles. The van der Waals surface area contributed by atoms with Gasteiger partial charge in [0.2, 0.25) is 21.8 Å². The van der Waals surface area contributed by atoms with E-state index in [1.54, 1.807) is 6.92 Å². The van der Waals surface area contributed by atoms with E-state index in [2.05, 4.69) is 5.32 Å². The van der Waals surface area contributed by atoms with Crippen LogP contribution in [0.15, 0.2) is 48.5 Å². The van der Waals surface area contributed by atoms with Crippen molar-refractivity contribution in [3.63, 3.8) is 0 Å². The molecular formula is C24H32FN3O4S. The SMILES string of the molecule is CCCNC(=O)C(CC)N(Cc1ccccc1C)C(=O)CN(c1cccc(F)c1)S(C)(=O)=O. The molecule has 0 saturated heterocycles. The molecule has 1 atom stereocenters. The third-order valence-corrected chi connectivity index (χ3v) is 6.45. The standard InChI is InChI=1S/C24H32FN3O4S/c1-5-14-26-24(30)22(6-2)27(16-19-11-8-7-10-18(19)3)23(29)17-28(33(4,31)32)21-13-9-12-20(25)15-21/h7-13,15,22H,5-6,14,16-17H2,1-4H3,(H,26,30). The number of rotatable bonds is 11. The Hall–Kier alpha value is -2.94. The molecule has 2 aromatic rings. The molecule has 7 nitrogen and oxygen atoms in total. The Morgan fingerprint density at radius 2 is 1.79 bits per heavy atom. The third-order valence-electron chi connectivity index (χ3n) is 5.31. The first-order valence-corrected chi connectivity index (χ1v) is 12.8. The number of amides is 2. The lowest BCUT2D eigenvalue weighted by molar-refractivity contribution is -0.140. The van der Waals surface area contributed by atoms with Crippen molar-refractivity contribution in [2.24, 2.45) is 0 Å². The smallest absolute Gasteiger partial charge is 0.244 e. The molecule has 2 rings (SSSR count). The largest absolute Gasteiger partial charge is 0.354 e. The van der Waals surface area contributed by atoms with Crippen molar-refractivity contribution in [2.75, 3.05) is 23.7 Å². The molecular weight excluding hydrogens is 445 g/mol. The van der Waals surface area contributed by atoms with Crippen LogP contribution >= 0.6 is 0 Å². The van der Waals surface area contributed by atoms with Crippen molar-refractivity contribution in [2.45, 2.75) is 46.2 Å². The zero-order valence-corrected chi connectivity index (χ0v) is 20.4. The summed E-state index contributed by atoms with van der Waals surface area (Å²) in [6.07, 6.45) is 2.06. The van der Waals surface area contributed by atoms with Crippen LogP contribution in [0, 0.1) is 12.7 Å². The van der Waals surface area contributed by atoms with Gasteiger partial charge in [-0.2, -0.15) is 0 Å². The van der Waals surface area contributed by atoms with Crippen molar-refractivity contribution in [1.29, 1.82) is 0 Å². The highest BCUT2D eigenvalue weighted by molar-refractivity contribution is 7.92. The number of carbonyl (C=O) groups excluding carboxylic acids is 2. The summed E-state index contributed by atoms with van der Waals surface area (Å²) in [5.41, 5.74) is 1.85. The summed E-state index contributed by atoms with van der Waals surface area (Å²) < 4.78 is 39.6. The maximum Gasteiger partial charge on any atom is 0.244 e. The number of hydrogen-bond donors (Lipinski definition) is 1. The number of carbonyl (C=O) groups is 2. The zero-order chi connectivity index (χ0) is 24.6. The van der Waals surface area contributed by atoms with E-state index in [9.17, 15) is 22.4 Å². The monoisotopic (exact) mass is 477 g/mol. The molecule has 0 radical (unpaired) electrons. The van der Waals surface area contributed by atoms with Gasteiger partial charge in [-0.05, 0) is 49.1 Å². The highest BCUT2D eigenvalue weighted by Gasteiger charge is 2.31. The van der Waals surface area contributed by atoms with E-state index >= 15 is 0 Å². The molecule has 0 spiro atoms. The second kappa shape index (κ2) is 11.8. The van der Waals surface area contributed by atoms with Gasteiger partial charge in [-0.25, -0.2) is 12.8 Å². The van der Waals surface area contributed by atoms with E-state index < -0.39 is 34.3 Å². The lowest BCUT2D eigenvalue weighted by atomic mass is 10.1. The van der Waals surface area contributed by atoms with Crippen LogP contribution in [0.1, 0.15) is 37.8 Å². The van der Waals surface area contributed by atoms with E-state index in [-0.39, 0.29) is 18.1 Å². The van der Waals surface area contributed by atoms with Crippen LogP contribution in [-0.2, 0) is 26.2 Å². The molecule has 2 aromatic carbocycles. The topological polar surface area (TPSA) is 86.8 Å². The van der Waals surface area contributed by atoms with Gasteiger partial charge in [-0.3, -0.25) is 13.9 Å². The van der Waals surface area contributed by atoms with Gasteiger partial charge < -0.3 is 10.2 Å².